The van der Waals surface area contributed by atoms with Crippen molar-refractivity contribution < 1.29 is 0 Å². The predicted octanol–water partition coefficient (Wildman–Crippen LogP) is 2.72. The maximum atomic E-state index is 4.47. The molecule has 1 aliphatic heterocycles. The standard InChI is InChI=1S/C13H20BrN3/c1-9-13(14)12(16(2)15-9)8-17-6-10-4-3-5-11(10)7-17/h10-11H,3-8H2,1-2H3. The largest absolute Gasteiger partial charge is 0.297 e. The van der Waals surface area contributed by atoms with Crippen LogP contribution < -0.4 is 0 Å². The molecule has 0 radical (unpaired) electrons. The van der Waals surface area contributed by atoms with E-state index in [9.17, 15) is 0 Å². The molecule has 2 aliphatic rings. The van der Waals surface area contributed by atoms with E-state index in [1.165, 1.54) is 42.5 Å². The zero-order valence-electron chi connectivity index (χ0n) is 10.6. The smallest absolute Gasteiger partial charge is 0.0739 e. The molecule has 1 saturated heterocycles. The molecular formula is C13H20BrN3. The molecule has 94 valence electrons. The Hall–Kier alpha value is -0.350. The number of likely N-dealkylation sites (tertiary alicyclic amines) is 1. The molecule has 0 aromatic carbocycles. The molecule has 2 atom stereocenters. The minimum atomic E-state index is 0.975. The molecule has 1 aromatic heterocycles. The lowest BCUT2D eigenvalue weighted by molar-refractivity contribution is 0.294. The van der Waals surface area contributed by atoms with E-state index in [1.54, 1.807) is 0 Å². The molecule has 2 heterocycles. The monoisotopic (exact) mass is 297 g/mol. The van der Waals surface area contributed by atoms with Gasteiger partial charge < -0.3 is 0 Å². The number of aromatic nitrogens is 2. The highest BCUT2D eigenvalue weighted by atomic mass is 79.9. The fourth-order valence-corrected chi connectivity index (χ4v) is 3.99. The number of nitrogens with zero attached hydrogens (tertiary/aromatic N) is 3. The molecule has 1 aliphatic carbocycles. The van der Waals surface area contributed by atoms with Gasteiger partial charge in [0.2, 0.25) is 0 Å². The van der Waals surface area contributed by atoms with Crippen LogP contribution in [0.5, 0.6) is 0 Å². The molecule has 0 spiro atoms. The summed E-state index contributed by atoms with van der Waals surface area (Å²) < 4.78 is 3.21. The Morgan fingerprint density at radius 2 is 1.94 bits per heavy atom. The maximum Gasteiger partial charge on any atom is 0.0739 e. The molecule has 1 aromatic rings. The van der Waals surface area contributed by atoms with Gasteiger partial charge >= 0.3 is 0 Å². The molecule has 0 N–H and O–H groups in total. The molecule has 3 rings (SSSR count). The minimum absolute atomic E-state index is 0.975. The van der Waals surface area contributed by atoms with Crippen LogP contribution in [0.2, 0.25) is 0 Å². The van der Waals surface area contributed by atoms with Crippen LogP contribution in [-0.4, -0.2) is 27.8 Å². The van der Waals surface area contributed by atoms with Gasteiger partial charge in [-0.15, -0.1) is 0 Å². The van der Waals surface area contributed by atoms with E-state index in [-0.39, 0.29) is 0 Å². The zero-order chi connectivity index (χ0) is 12.0. The van der Waals surface area contributed by atoms with Gasteiger partial charge in [0, 0.05) is 26.7 Å². The Balaban J connectivity index is 1.71. The van der Waals surface area contributed by atoms with E-state index in [4.69, 9.17) is 0 Å². The molecular weight excluding hydrogens is 278 g/mol. The van der Waals surface area contributed by atoms with Crippen molar-refractivity contribution >= 4 is 15.9 Å². The van der Waals surface area contributed by atoms with Crippen LogP contribution in [0.25, 0.3) is 0 Å². The molecule has 1 saturated carbocycles. The van der Waals surface area contributed by atoms with E-state index in [2.05, 4.69) is 32.9 Å². The van der Waals surface area contributed by atoms with E-state index >= 15 is 0 Å². The second-order valence-electron chi connectivity index (χ2n) is 5.61. The third-order valence-corrected chi connectivity index (χ3v) is 5.47. The van der Waals surface area contributed by atoms with Gasteiger partial charge in [0.1, 0.15) is 0 Å². The first-order chi connectivity index (χ1) is 8.15. The van der Waals surface area contributed by atoms with Gasteiger partial charge in [0.25, 0.3) is 0 Å². The fraction of sp³-hybridized carbons (Fsp3) is 0.769. The van der Waals surface area contributed by atoms with Crippen LogP contribution in [0, 0.1) is 18.8 Å². The number of rotatable bonds is 2. The predicted molar refractivity (Wildman–Crippen MR) is 71.8 cm³/mol. The van der Waals surface area contributed by atoms with E-state index in [1.807, 2.05) is 11.7 Å². The molecule has 3 nitrogen and oxygen atoms in total. The lowest BCUT2D eigenvalue weighted by atomic mass is 10.0. The summed E-state index contributed by atoms with van der Waals surface area (Å²) in [6.45, 7) is 5.69. The zero-order valence-corrected chi connectivity index (χ0v) is 12.2. The van der Waals surface area contributed by atoms with Crippen molar-refractivity contribution in [3.05, 3.63) is 15.9 Å². The fourth-order valence-electron chi connectivity index (χ4n) is 3.52. The summed E-state index contributed by atoms with van der Waals surface area (Å²) in [6, 6.07) is 0. The molecule has 0 bridgehead atoms. The van der Waals surface area contributed by atoms with Crippen molar-refractivity contribution in [3.8, 4) is 0 Å². The average molecular weight is 298 g/mol. The van der Waals surface area contributed by atoms with Crippen LogP contribution in [0.4, 0.5) is 0 Å². The molecule has 4 heteroatoms. The Morgan fingerprint density at radius 1 is 1.29 bits per heavy atom. The normalized spacial score (nSPS) is 28.9. The van der Waals surface area contributed by atoms with Crippen molar-refractivity contribution in [2.75, 3.05) is 13.1 Å². The summed E-state index contributed by atoms with van der Waals surface area (Å²) in [7, 11) is 2.05. The number of fused-ring (bicyclic) bond motifs is 1. The quantitative estimate of drug-likeness (QED) is 0.837. The van der Waals surface area contributed by atoms with Gasteiger partial charge in [-0.05, 0) is 47.5 Å². The van der Waals surface area contributed by atoms with Gasteiger partial charge in [0.15, 0.2) is 0 Å². The van der Waals surface area contributed by atoms with Crippen LogP contribution in [0.15, 0.2) is 4.47 Å². The average Bonchev–Trinajstić information content (AvgIpc) is 2.89. The lowest BCUT2D eigenvalue weighted by Crippen LogP contribution is -2.22. The van der Waals surface area contributed by atoms with Crippen molar-refractivity contribution in [1.29, 1.82) is 0 Å². The Labute approximate surface area is 111 Å². The summed E-state index contributed by atoms with van der Waals surface area (Å²) in [5, 5.41) is 4.47. The van der Waals surface area contributed by atoms with Crippen LogP contribution in [0.1, 0.15) is 30.7 Å². The Kier molecular flexibility index (Phi) is 3.03. The van der Waals surface area contributed by atoms with Crippen molar-refractivity contribution in [3.63, 3.8) is 0 Å². The second kappa shape index (κ2) is 4.39. The highest BCUT2D eigenvalue weighted by Crippen LogP contribution is 2.38. The highest BCUT2D eigenvalue weighted by Gasteiger charge is 2.36. The van der Waals surface area contributed by atoms with Gasteiger partial charge in [-0.3, -0.25) is 9.58 Å². The molecule has 0 amide bonds. The number of halogens is 1. The second-order valence-corrected chi connectivity index (χ2v) is 6.41. The van der Waals surface area contributed by atoms with Gasteiger partial charge in [-0.25, -0.2) is 0 Å². The van der Waals surface area contributed by atoms with E-state index in [0.717, 1.165) is 24.1 Å². The summed E-state index contributed by atoms with van der Waals surface area (Å²) in [6.07, 6.45) is 4.36. The summed E-state index contributed by atoms with van der Waals surface area (Å²) >= 11 is 3.66. The first-order valence-corrected chi connectivity index (χ1v) is 7.34. The van der Waals surface area contributed by atoms with Crippen molar-refractivity contribution in [1.82, 2.24) is 14.7 Å². The van der Waals surface area contributed by atoms with Gasteiger partial charge in [-0.1, -0.05) is 6.42 Å². The van der Waals surface area contributed by atoms with Crippen molar-refractivity contribution in [2.45, 2.75) is 32.7 Å². The Bertz CT molecular complexity index is 415. The van der Waals surface area contributed by atoms with E-state index in [0.29, 0.717) is 0 Å². The molecule has 17 heavy (non-hydrogen) atoms. The van der Waals surface area contributed by atoms with Crippen molar-refractivity contribution in [2.24, 2.45) is 18.9 Å². The Morgan fingerprint density at radius 3 is 2.47 bits per heavy atom. The third-order valence-electron chi connectivity index (χ3n) is 4.44. The summed E-state index contributed by atoms with van der Waals surface area (Å²) in [4.78, 5) is 2.61. The van der Waals surface area contributed by atoms with E-state index < -0.39 is 0 Å². The molecule has 2 fully saturated rings. The first kappa shape index (κ1) is 11.7. The summed E-state index contributed by atoms with van der Waals surface area (Å²) in [5.74, 6) is 1.95. The van der Waals surface area contributed by atoms with Crippen LogP contribution in [0.3, 0.4) is 0 Å². The third kappa shape index (κ3) is 2.06. The van der Waals surface area contributed by atoms with Gasteiger partial charge in [0.05, 0.1) is 15.9 Å². The van der Waals surface area contributed by atoms with Gasteiger partial charge in [-0.2, -0.15) is 5.10 Å². The number of hydrogen-bond acceptors (Lipinski definition) is 2. The number of aryl methyl sites for hydroxylation is 2. The summed E-state index contributed by atoms with van der Waals surface area (Å²) in [5.41, 5.74) is 2.42. The molecule has 2 unspecified atom stereocenters. The minimum Gasteiger partial charge on any atom is -0.297 e. The number of hydrogen-bond donors (Lipinski definition) is 0. The lowest BCUT2D eigenvalue weighted by Gasteiger charge is -2.17. The maximum absolute atomic E-state index is 4.47. The first-order valence-electron chi connectivity index (χ1n) is 6.55. The van der Waals surface area contributed by atoms with Crippen LogP contribution >= 0.6 is 15.9 Å². The van der Waals surface area contributed by atoms with Crippen LogP contribution in [-0.2, 0) is 13.6 Å². The SMILES string of the molecule is Cc1nn(C)c(CN2CC3CCCC3C2)c1Br. The topological polar surface area (TPSA) is 21.1 Å². The highest BCUT2D eigenvalue weighted by molar-refractivity contribution is 9.10.